The SMILES string of the molecule is COC(=O)c1c(NC(=O)COc2ccc(OC)cc2[N+](=O)[O-])sc(C)c1C. The van der Waals surface area contributed by atoms with Gasteiger partial charge < -0.3 is 19.5 Å². The summed E-state index contributed by atoms with van der Waals surface area (Å²) in [7, 11) is 2.64. The van der Waals surface area contributed by atoms with E-state index in [9.17, 15) is 19.7 Å². The van der Waals surface area contributed by atoms with Crippen LogP contribution in [0.25, 0.3) is 0 Å². The van der Waals surface area contributed by atoms with Crippen LogP contribution in [0, 0.1) is 24.0 Å². The van der Waals surface area contributed by atoms with E-state index in [0.717, 1.165) is 4.88 Å². The van der Waals surface area contributed by atoms with E-state index in [0.29, 0.717) is 16.3 Å². The highest BCUT2D eigenvalue weighted by Crippen LogP contribution is 2.33. The first-order valence-corrected chi connectivity index (χ1v) is 8.53. The molecule has 0 aliphatic rings. The van der Waals surface area contributed by atoms with Gasteiger partial charge in [0.1, 0.15) is 10.8 Å². The van der Waals surface area contributed by atoms with E-state index in [1.54, 1.807) is 6.92 Å². The van der Waals surface area contributed by atoms with Crippen molar-refractivity contribution in [1.82, 2.24) is 0 Å². The molecule has 0 saturated carbocycles. The summed E-state index contributed by atoms with van der Waals surface area (Å²) >= 11 is 1.23. The summed E-state index contributed by atoms with van der Waals surface area (Å²) < 4.78 is 15.0. The number of aryl methyl sites for hydroxylation is 1. The van der Waals surface area contributed by atoms with Crippen LogP contribution in [0.2, 0.25) is 0 Å². The average Bonchev–Trinajstić information content (AvgIpc) is 2.92. The summed E-state index contributed by atoms with van der Waals surface area (Å²) in [6.07, 6.45) is 0. The van der Waals surface area contributed by atoms with Crippen molar-refractivity contribution in [2.45, 2.75) is 13.8 Å². The summed E-state index contributed by atoms with van der Waals surface area (Å²) in [5, 5.41) is 14.1. The molecule has 0 atom stereocenters. The zero-order chi connectivity index (χ0) is 20.1. The Labute approximate surface area is 159 Å². The van der Waals surface area contributed by atoms with Gasteiger partial charge in [0.25, 0.3) is 5.91 Å². The number of ether oxygens (including phenoxy) is 3. The number of nitro benzene ring substituents is 1. The van der Waals surface area contributed by atoms with Crippen LogP contribution in [-0.2, 0) is 9.53 Å². The summed E-state index contributed by atoms with van der Waals surface area (Å²) in [6, 6.07) is 4.04. The summed E-state index contributed by atoms with van der Waals surface area (Å²) in [6.45, 7) is 3.11. The normalized spacial score (nSPS) is 10.2. The maximum atomic E-state index is 12.2. The van der Waals surface area contributed by atoms with Crippen LogP contribution in [0.4, 0.5) is 10.7 Å². The Morgan fingerprint density at radius 3 is 2.56 bits per heavy atom. The lowest BCUT2D eigenvalue weighted by Gasteiger charge is -2.09. The highest BCUT2D eigenvalue weighted by Gasteiger charge is 2.22. The molecule has 1 heterocycles. The second-order valence-corrected chi connectivity index (χ2v) is 6.63. The average molecular weight is 394 g/mol. The molecule has 1 amide bonds. The highest BCUT2D eigenvalue weighted by molar-refractivity contribution is 7.16. The predicted molar refractivity (Wildman–Crippen MR) is 98.9 cm³/mol. The van der Waals surface area contributed by atoms with Gasteiger partial charge in [0, 0.05) is 4.88 Å². The number of nitro groups is 1. The van der Waals surface area contributed by atoms with Crippen molar-refractivity contribution >= 4 is 33.9 Å². The number of carbonyl (C=O) groups excluding carboxylic acids is 2. The van der Waals surface area contributed by atoms with Gasteiger partial charge in [-0.15, -0.1) is 11.3 Å². The third kappa shape index (κ3) is 4.53. The van der Waals surface area contributed by atoms with Crippen molar-refractivity contribution in [3.05, 3.63) is 44.3 Å². The number of hydrogen-bond donors (Lipinski definition) is 1. The molecule has 1 N–H and O–H groups in total. The Morgan fingerprint density at radius 2 is 1.96 bits per heavy atom. The van der Waals surface area contributed by atoms with Gasteiger partial charge in [-0.25, -0.2) is 4.79 Å². The van der Waals surface area contributed by atoms with Crippen molar-refractivity contribution < 1.29 is 28.7 Å². The van der Waals surface area contributed by atoms with Crippen LogP contribution in [0.3, 0.4) is 0 Å². The first kappa shape index (κ1) is 20.2. The molecule has 0 saturated heterocycles. The third-order valence-corrected chi connectivity index (χ3v) is 4.87. The fraction of sp³-hybridized carbons (Fsp3) is 0.294. The molecule has 0 aliphatic carbocycles. The summed E-state index contributed by atoms with van der Waals surface area (Å²) in [5.41, 5.74) is 0.679. The molecule has 2 rings (SSSR count). The highest BCUT2D eigenvalue weighted by atomic mass is 32.1. The van der Waals surface area contributed by atoms with E-state index in [1.807, 2.05) is 6.92 Å². The third-order valence-electron chi connectivity index (χ3n) is 3.75. The minimum Gasteiger partial charge on any atom is -0.496 e. The summed E-state index contributed by atoms with van der Waals surface area (Å²) in [4.78, 5) is 35.5. The van der Waals surface area contributed by atoms with Crippen molar-refractivity contribution in [1.29, 1.82) is 0 Å². The molecule has 0 unspecified atom stereocenters. The van der Waals surface area contributed by atoms with E-state index in [2.05, 4.69) is 5.32 Å². The fourth-order valence-electron chi connectivity index (χ4n) is 2.26. The van der Waals surface area contributed by atoms with Crippen LogP contribution in [0.5, 0.6) is 11.5 Å². The molecule has 1 aromatic carbocycles. The number of amides is 1. The molecule has 1 aromatic heterocycles. The minimum atomic E-state index is -0.628. The maximum absolute atomic E-state index is 12.2. The standard InChI is InChI=1S/C17H18N2O7S/c1-9-10(2)27-16(15(9)17(21)25-4)18-14(20)8-26-13-6-5-11(24-3)7-12(13)19(22)23/h5-7H,8H2,1-4H3,(H,18,20). The van der Waals surface area contributed by atoms with Crippen LogP contribution in [-0.4, -0.2) is 37.6 Å². The first-order chi connectivity index (χ1) is 12.8. The summed E-state index contributed by atoms with van der Waals surface area (Å²) in [5.74, 6) is -0.890. The van der Waals surface area contributed by atoms with Gasteiger partial charge in [0.05, 0.1) is 30.8 Å². The molecule has 0 radical (unpaired) electrons. The Hall–Kier alpha value is -3.14. The molecule has 0 aliphatic heterocycles. The molecule has 9 nitrogen and oxygen atoms in total. The Morgan fingerprint density at radius 1 is 1.26 bits per heavy atom. The van der Waals surface area contributed by atoms with Crippen molar-refractivity contribution in [3.63, 3.8) is 0 Å². The monoisotopic (exact) mass is 394 g/mol. The number of methoxy groups -OCH3 is 2. The first-order valence-electron chi connectivity index (χ1n) is 7.71. The van der Waals surface area contributed by atoms with E-state index >= 15 is 0 Å². The van der Waals surface area contributed by atoms with Crippen molar-refractivity contribution in [3.8, 4) is 11.5 Å². The topological polar surface area (TPSA) is 117 Å². The van der Waals surface area contributed by atoms with Gasteiger partial charge in [-0.3, -0.25) is 14.9 Å². The number of hydrogen-bond acceptors (Lipinski definition) is 8. The largest absolute Gasteiger partial charge is 0.496 e. The van der Waals surface area contributed by atoms with Crippen molar-refractivity contribution in [2.75, 3.05) is 26.1 Å². The van der Waals surface area contributed by atoms with Crippen molar-refractivity contribution in [2.24, 2.45) is 0 Å². The molecule has 10 heteroatoms. The van der Waals surface area contributed by atoms with Crippen LogP contribution >= 0.6 is 11.3 Å². The lowest BCUT2D eigenvalue weighted by molar-refractivity contribution is -0.385. The molecule has 0 bridgehead atoms. The Kier molecular flexibility index (Phi) is 6.35. The molecule has 2 aromatic rings. The number of thiophene rings is 1. The van der Waals surface area contributed by atoms with E-state index in [4.69, 9.17) is 14.2 Å². The molecule has 0 fully saturated rings. The van der Waals surface area contributed by atoms with Gasteiger partial charge in [-0.05, 0) is 31.5 Å². The van der Waals surface area contributed by atoms with Crippen LogP contribution in [0.1, 0.15) is 20.8 Å². The minimum absolute atomic E-state index is 0.0670. The quantitative estimate of drug-likeness (QED) is 0.436. The predicted octanol–water partition coefficient (Wildman–Crippen LogP) is 3.09. The van der Waals surface area contributed by atoms with Gasteiger partial charge >= 0.3 is 11.7 Å². The number of nitrogens with zero attached hydrogens (tertiary/aromatic N) is 1. The number of anilines is 1. The molecule has 144 valence electrons. The van der Waals surface area contributed by atoms with E-state index in [-0.39, 0.29) is 17.0 Å². The number of benzene rings is 1. The molecule has 0 spiro atoms. The number of carbonyl (C=O) groups is 2. The van der Waals surface area contributed by atoms with Gasteiger partial charge in [-0.2, -0.15) is 0 Å². The van der Waals surface area contributed by atoms with Gasteiger partial charge in [-0.1, -0.05) is 0 Å². The number of rotatable bonds is 7. The van der Waals surface area contributed by atoms with Crippen LogP contribution in [0.15, 0.2) is 18.2 Å². The van der Waals surface area contributed by atoms with E-state index in [1.165, 1.54) is 43.8 Å². The maximum Gasteiger partial charge on any atom is 0.341 e. The number of esters is 1. The lowest BCUT2D eigenvalue weighted by atomic mass is 10.1. The second-order valence-electron chi connectivity index (χ2n) is 5.41. The molecule has 27 heavy (non-hydrogen) atoms. The smallest absolute Gasteiger partial charge is 0.341 e. The molecular formula is C17H18N2O7S. The zero-order valence-electron chi connectivity index (χ0n) is 15.2. The zero-order valence-corrected chi connectivity index (χ0v) is 16.0. The van der Waals surface area contributed by atoms with Crippen LogP contribution < -0.4 is 14.8 Å². The van der Waals surface area contributed by atoms with E-state index < -0.39 is 23.4 Å². The van der Waals surface area contributed by atoms with Gasteiger partial charge in [0.2, 0.25) is 0 Å². The number of nitrogens with one attached hydrogen (secondary N) is 1. The lowest BCUT2D eigenvalue weighted by Crippen LogP contribution is -2.21. The Balaban J connectivity index is 2.13. The fourth-order valence-corrected chi connectivity index (χ4v) is 3.32. The van der Waals surface area contributed by atoms with Gasteiger partial charge in [0.15, 0.2) is 12.4 Å². The Bertz CT molecular complexity index is 892. The second kappa shape index (κ2) is 8.49. The molecular weight excluding hydrogens is 376 g/mol.